The van der Waals surface area contributed by atoms with E-state index >= 15 is 0 Å². The molecule has 0 bridgehead atoms. The minimum Gasteiger partial charge on any atom is -0.481 e. The third-order valence-electron chi connectivity index (χ3n) is 2.60. The summed E-state index contributed by atoms with van der Waals surface area (Å²) in [6, 6.07) is 5.74. The number of nitrogens with one attached hydrogen (secondary N) is 1. The van der Waals surface area contributed by atoms with Crippen molar-refractivity contribution in [2.24, 2.45) is 5.92 Å². The Morgan fingerprint density at radius 1 is 1.37 bits per heavy atom. The maximum atomic E-state index is 12.7. The zero-order chi connectivity index (χ0) is 14.4. The SMILES string of the molecule is C/C(=C\c1ccc(F)cc1)C(=O)NC[C@@H](C)C(=O)O. The van der Waals surface area contributed by atoms with Crippen molar-refractivity contribution in [3.8, 4) is 0 Å². The number of halogens is 1. The van der Waals surface area contributed by atoms with Crippen molar-refractivity contribution in [1.82, 2.24) is 5.32 Å². The molecule has 0 aliphatic rings. The number of amides is 1. The molecule has 0 radical (unpaired) electrons. The molecule has 0 heterocycles. The van der Waals surface area contributed by atoms with Gasteiger partial charge in [0.25, 0.3) is 0 Å². The fourth-order valence-corrected chi connectivity index (χ4v) is 1.35. The van der Waals surface area contributed by atoms with Crippen molar-refractivity contribution in [2.75, 3.05) is 6.54 Å². The normalized spacial score (nSPS) is 12.9. The lowest BCUT2D eigenvalue weighted by Crippen LogP contribution is -2.31. The van der Waals surface area contributed by atoms with Crippen LogP contribution in [0.3, 0.4) is 0 Å². The molecule has 0 unspecified atom stereocenters. The van der Waals surface area contributed by atoms with Crippen LogP contribution >= 0.6 is 0 Å². The number of rotatable bonds is 5. The summed E-state index contributed by atoms with van der Waals surface area (Å²) >= 11 is 0. The Hall–Kier alpha value is -2.17. The lowest BCUT2D eigenvalue weighted by atomic mass is 10.1. The van der Waals surface area contributed by atoms with E-state index in [9.17, 15) is 14.0 Å². The van der Waals surface area contributed by atoms with Gasteiger partial charge in [0.15, 0.2) is 0 Å². The fourth-order valence-electron chi connectivity index (χ4n) is 1.35. The van der Waals surface area contributed by atoms with E-state index < -0.39 is 11.9 Å². The van der Waals surface area contributed by atoms with Crippen LogP contribution in [-0.4, -0.2) is 23.5 Å². The third kappa shape index (κ3) is 4.91. The Kier molecular flexibility index (Phi) is 5.23. The van der Waals surface area contributed by atoms with Crippen LogP contribution in [0.4, 0.5) is 4.39 Å². The minimum atomic E-state index is -0.958. The first-order valence-electron chi connectivity index (χ1n) is 5.85. The predicted molar refractivity (Wildman–Crippen MR) is 69.9 cm³/mol. The molecule has 0 aliphatic heterocycles. The zero-order valence-electron chi connectivity index (χ0n) is 10.8. The first-order valence-corrected chi connectivity index (χ1v) is 5.85. The fraction of sp³-hybridized carbons (Fsp3) is 0.286. The van der Waals surface area contributed by atoms with Gasteiger partial charge in [0.05, 0.1) is 5.92 Å². The quantitative estimate of drug-likeness (QED) is 0.801. The molecule has 4 nitrogen and oxygen atoms in total. The van der Waals surface area contributed by atoms with Gasteiger partial charge >= 0.3 is 5.97 Å². The highest BCUT2D eigenvalue weighted by atomic mass is 19.1. The molecule has 0 aromatic heterocycles. The number of carboxylic acid groups (broad SMARTS) is 1. The number of hydrogen-bond acceptors (Lipinski definition) is 2. The lowest BCUT2D eigenvalue weighted by Gasteiger charge is -2.08. The second kappa shape index (κ2) is 6.68. The van der Waals surface area contributed by atoms with Crippen LogP contribution in [0.2, 0.25) is 0 Å². The number of carbonyl (C=O) groups is 2. The van der Waals surface area contributed by atoms with Crippen LogP contribution < -0.4 is 5.32 Å². The van der Waals surface area contributed by atoms with Crippen LogP contribution in [0.25, 0.3) is 6.08 Å². The maximum absolute atomic E-state index is 12.7. The molecule has 0 saturated heterocycles. The van der Waals surface area contributed by atoms with Crippen molar-refractivity contribution >= 4 is 18.0 Å². The predicted octanol–water partition coefficient (Wildman–Crippen LogP) is 2.07. The molecule has 19 heavy (non-hydrogen) atoms. The highest BCUT2D eigenvalue weighted by Gasteiger charge is 2.12. The van der Waals surface area contributed by atoms with Gasteiger partial charge in [0, 0.05) is 12.1 Å². The molecule has 0 saturated carbocycles. The molecule has 2 N–H and O–H groups in total. The van der Waals surface area contributed by atoms with Gasteiger partial charge in [-0.25, -0.2) is 4.39 Å². The lowest BCUT2D eigenvalue weighted by molar-refractivity contribution is -0.141. The number of aliphatic carboxylic acids is 1. The van der Waals surface area contributed by atoms with Crippen LogP contribution in [0.1, 0.15) is 19.4 Å². The van der Waals surface area contributed by atoms with Gasteiger partial charge in [0.2, 0.25) is 5.91 Å². The Labute approximate surface area is 110 Å². The summed E-state index contributed by atoms with van der Waals surface area (Å²) in [5, 5.41) is 11.2. The average molecular weight is 265 g/mol. The van der Waals surface area contributed by atoms with E-state index in [1.54, 1.807) is 25.1 Å². The smallest absolute Gasteiger partial charge is 0.308 e. The minimum absolute atomic E-state index is 0.0722. The topological polar surface area (TPSA) is 66.4 Å². The summed E-state index contributed by atoms with van der Waals surface area (Å²) < 4.78 is 12.7. The Morgan fingerprint density at radius 2 is 1.95 bits per heavy atom. The van der Waals surface area contributed by atoms with Crippen LogP contribution in [0, 0.1) is 11.7 Å². The second-order valence-corrected chi connectivity index (χ2v) is 4.33. The van der Waals surface area contributed by atoms with Gasteiger partial charge < -0.3 is 10.4 Å². The summed E-state index contributed by atoms with van der Waals surface area (Å²) in [6.45, 7) is 3.20. The van der Waals surface area contributed by atoms with Crippen LogP contribution in [-0.2, 0) is 9.59 Å². The van der Waals surface area contributed by atoms with Gasteiger partial charge in [-0.1, -0.05) is 19.1 Å². The number of benzene rings is 1. The average Bonchev–Trinajstić information content (AvgIpc) is 2.37. The molecule has 0 spiro atoms. The largest absolute Gasteiger partial charge is 0.481 e. The molecular formula is C14H16FNO3. The molecular weight excluding hydrogens is 249 g/mol. The molecule has 1 aromatic rings. The highest BCUT2D eigenvalue weighted by Crippen LogP contribution is 2.08. The van der Waals surface area contributed by atoms with Crippen molar-refractivity contribution in [2.45, 2.75) is 13.8 Å². The number of carbonyl (C=O) groups excluding carboxylic acids is 1. The van der Waals surface area contributed by atoms with Crippen molar-refractivity contribution in [1.29, 1.82) is 0 Å². The second-order valence-electron chi connectivity index (χ2n) is 4.33. The van der Waals surface area contributed by atoms with E-state index in [0.29, 0.717) is 11.1 Å². The van der Waals surface area contributed by atoms with E-state index in [-0.39, 0.29) is 18.3 Å². The first-order chi connectivity index (χ1) is 8.90. The summed E-state index contributed by atoms with van der Waals surface area (Å²) in [5.74, 6) is -2.27. The summed E-state index contributed by atoms with van der Waals surface area (Å²) in [4.78, 5) is 22.3. The molecule has 0 aliphatic carbocycles. The zero-order valence-corrected chi connectivity index (χ0v) is 10.8. The van der Waals surface area contributed by atoms with Gasteiger partial charge in [-0.05, 0) is 30.7 Å². The first kappa shape index (κ1) is 14.9. The van der Waals surface area contributed by atoms with E-state index in [2.05, 4.69) is 5.32 Å². The maximum Gasteiger partial charge on any atom is 0.308 e. The van der Waals surface area contributed by atoms with Crippen LogP contribution in [0.15, 0.2) is 29.8 Å². The Balaban J connectivity index is 2.61. The highest BCUT2D eigenvalue weighted by molar-refractivity contribution is 5.97. The molecule has 1 rings (SSSR count). The molecule has 0 fully saturated rings. The van der Waals surface area contributed by atoms with Crippen molar-refractivity contribution in [3.05, 3.63) is 41.2 Å². The monoisotopic (exact) mass is 265 g/mol. The standard InChI is InChI=1S/C14H16FNO3/c1-9(7-11-3-5-12(15)6-4-11)13(17)16-8-10(2)14(18)19/h3-7,10H,8H2,1-2H3,(H,16,17)(H,18,19)/b9-7+/t10-/m1/s1. The van der Waals surface area contributed by atoms with E-state index in [1.807, 2.05) is 0 Å². The van der Waals surface area contributed by atoms with Gasteiger partial charge in [-0.3, -0.25) is 9.59 Å². The van der Waals surface area contributed by atoms with Gasteiger partial charge in [-0.2, -0.15) is 0 Å². The molecule has 1 atom stereocenters. The van der Waals surface area contributed by atoms with Crippen LogP contribution in [0.5, 0.6) is 0 Å². The summed E-state index contributed by atoms with van der Waals surface area (Å²) in [6.07, 6.45) is 1.61. The van der Waals surface area contributed by atoms with E-state index in [4.69, 9.17) is 5.11 Å². The van der Waals surface area contributed by atoms with Crippen molar-refractivity contribution in [3.63, 3.8) is 0 Å². The summed E-state index contributed by atoms with van der Waals surface area (Å²) in [7, 11) is 0. The van der Waals surface area contributed by atoms with Gasteiger partial charge in [0.1, 0.15) is 5.82 Å². The summed E-state index contributed by atoms with van der Waals surface area (Å²) in [5.41, 5.74) is 1.14. The molecule has 1 aromatic carbocycles. The van der Waals surface area contributed by atoms with E-state index in [0.717, 1.165) is 0 Å². The molecule has 5 heteroatoms. The third-order valence-corrected chi connectivity index (χ3v) is 2.60. The number of carboxylic acids is 1. The Bertz CT molecular complexity index is 494. The Morgan fingerprint density at radius 3 is 2.47 bits per heavy atom. The molecule has 1 amide bonds. The van der Waals surface area contributed by atoms with Gasteiger partial charge in [-0.15, -0.1) is 0 Å². The van der Waals surface area contributed by atoms with Crippen molar-refractivity contribution < 1.29 is 19.1 Å². The van der Waals surface area contributed by atoms with E-state index in [1.165, 1.54) is 19.1 Å². The number of hydrogen-bond donors (Lipinski definition) is 2. The molecule has 102 valence electrons.